The number of hydrogen-bond donors (Lipinski definition) is 1. The van der Waals surface area contributed by atoms with E-state index in [1.165, 1.54) is 0 Å². The Morgan fingerprint density at radius 2 is 2.29 bits per heavy atom. The molecule has 2 fully saturated rings. The van der Waals surface area contributed by atoms with Gasteiger partial charge in [0.05, 0.1) is 24.9 Å². The number of aliphatic hydroxyl groups is 1. The van der Waals surface area contributed by atoms with Gasteiger partial charge in [0.25, 0.3) is 0 Å². The highest BCUT2D eigenvalue weighted by molar-refractivity contribution is 6.30. The normalized spacial score (nSPS) is 30.5. The topological polar surface area (TPSA) is 47.9 Å². The molecule has 1 N–H and O–H groups in total. The molecule has 5 heteroatoms. The Hall–Kier alpha value is -0.810. The van der Waals surface area contributed by atoms with Gasteiger partial charge in [-0.15, -0.1) is 0 Å². The summed E-state index contributed by atoms with van der Waals surface area (Å²) in [6.45, 7) is 3.81. The SMILES string of the molecule is C[C@H](O)c1cc(Cl)ccc1OC1CCOC2(CCOC2)C1. The summed E-state index contributed by atoms with van der Waals surface area (Å²) >= 11 is 6.00. The minimum Gasteiger partial charge on any atom is -0.490 e. The average molecular weight is 313 g/mol. The third-order valence-corrected chi connectivity index (χ3v) is 4.47. The van der Waals surface area contributed by atoms with Gasteiger partial charge in [0.2, 0.25) is 0 Å². The van der Waals surface area contributed by atoms with Gasteiger partial charge in [0.1, 0.15) is 11.9 Å². The maximum atomic E-state index is 9.88. The summed E-state index contributed by atoms with van der Waals surface area (Å²) in [6, 6.07) is 5.38. The Bertz CT molecular complexity index is 497. The predicted octanol–water partition coefficient (Wildman–Crippen LogP) is 3.11. The Balaban J connectivity index is 1.74. The first-order valence-corrected chi connectivity index (χ1v) is 7.82. The highest BCUT2D eigenvalue weighted by Gasteiger charge is 2.42. The van der Waals surface area contributed by atoms with Crippen LogP contribution >= 0.6 is 11.6 Å². The lowest BCUT2D eigenvalue weighted by Gasteiger charge is -2.37. The van der Waals surface area contributed by atoms with Crippen LogP contribution in [0.25, 0.3) is 0 Å². The number of rotatable bonds is 3. The molecular weight excluding hydrogens is 292 g/mol. The molecule has 1 aromatic carbocycles. The largest absolute Gasteiger partial charge is 0.490 e. The van der Waals surface area contributed by atoms with Crippen LogP contribution in [0.4, 0.5) is 0 Å². The number of halogens is 1. The molecule has 116 valence electrons. The van der Waals surface area contributed by atoms with Crippen LogP contribution in [0.2, 0.25) is 5.02 Å². The van der Waals surface area contributed by atoms with Crippen LogP contribution in [0.5, 0.6) is 5.75 Å². The van der Waals surface area contributed by atoms with Gasteiger partial charge in [0, 0.05) is 36.5 Å². The fourth-order valence-electron chi connectivity index (χ4n) is 3.08. The summed E-state index contributed by atoms with van der Waals surface area (Å²) in [6.07, 6.45) is 2.08. The molecule has 0 amide bonds. The lowest BCUT2D eigenvalue weighted by atomic mass is 9.91. The first kappa shape index (κ1) is 15.1. The van der Waals surface area contributed by atoms with E-state index in [4.69, 9.17) is 25.8 Å². The monoisotopic (exact) mass is 312 g/mol. The van der Waals surface area contributed by atoms with E-state index >= 15 is 0 Å². The van der Waals surface area contributed by atoms with Crippen LogP contribution in [-0.4, -0.2) is 36.6 Å². The summed E-state index contributed by atoms with van der Waals surface area (Å²) in [5.74, 6) is 0.704. The van der Waals surface area contributed by atoms with Gasteiger partial charge in [-0.3, -0.25) is 0 Å². The molecule has 3 rings (SSSR count). The molecule has 4 nitrogen and oxygen atoms in total. The first-order chi connectivity index (χ1) is 10.1. The van der Waals surface area contributed by atoms with Crippen molar-refractivity contribution in [3.05, 3.63) is 28.8 Å². The first-order valence-electron chi connectivity index (χ1n) is 7.44. The van der Waals surface area contributed by atoms with Crippen molar-refractivity contribution in [3.63, 3.8) is 0 Å². The molecular formula is C16H21ClO4. The molecule has 0 aromatic heterocycles. The highest BCUT2D eigenvalue weighted by atomic mass is 35.5. The molecule has 0 aliphatic carbocycles. The maximum Gasteiger partial charge on any atom is 0.125 e. The average Bonchev–Trinajstić information content (AvgIpc) is 2.88. The van der Waals surface area contributed by atoms with Gasteiger partial charge in [-0.1, -0.05) is 11.6 Å². The Morgan fingerprint density at radius 1 is 1.43 bits per heavy atom. The molecule has 2 aliphatic rings. The standard InChI is InChI=1S/C16H21ClO4/c1-11(18)14-8-12(17)2-3-15(14)21-13-4-6-20-16(9-13)5-7-19-10-16/h2-3,8,11,13,18H,4-7,9-10H2,1H3/t11-,13?,16?/m0/s1. The van der Waals surface area contributed by atoms with E-state index in [0.717, 1.165) is 31.4 Å². The molecule has 2 unspecified atom stereocenters. The fourth-order valence-corrected chi connectivity index (χ4v) is 3.26. The fraction of sp³-hybridized carbons (Fsp3) is 0.625. The molecule has 2 aliphatic heterocycles. The van der Waals surface area contributed by atoms with Crippen molar-refractivity contribution in [2.45, 2.75) is 44.0 Å². The summed E-state index contributed by atoms with van der Waals surface area (Å²) in [5.41, 5.74) is 0.547. The highest BCUT2D eigenvalue weighted by Crippen LogP contribution is 2.36. The quantitative estimate of drug-likeness (QED) is 0.931. The van der Waals surface area contributed by atoms with Crippen LogP contribution in [-0.2, 0) is 9.47 Å². The van der Waals surface area contributed by atoms with Crippen molar-refractivity contribution in [3.8, 4) is 5.75 Å². The second-order valence-electron chi connectivity index (χ2n) is 5.92. The third kappa shape index (κ3) is 3.34. The second kappa shape index (κ2) is 6.13. The zero-order valence-electron chi connectivity index (χ0n) is 12.2. The molecule has 0 radical (unpaired) electrons. The minimum atomic E-state index is -0.609. The number of benzene rings is 1. The predicted molar refractivity (Wildman–Crippen MR) is 79.9 cm³/mol. The van der Waals surface area contributed by atoms with Gasteiger partial charge in [-0.2, -0.15) is 0 Å². The van der Waals surface area contributed by atoms with Crippen LogP contribution < -0.4 is 4.74 Å². The van der Waals surface area contributed by atoms with Crippen molar-refractivity contribution in [1.29, 1.82) is 0 Å². The minimum absolute atomic E-state index is 0.0825. The van der Waals surface area contributed by atoms with Crippen LogP contribution in [0, 0.1) is 0 Å². The van der Waals surface area contributed by atoms with E-state index in [1.807, 2.05) is 6.07 Å². The van der Waals surface area contributed by atoms with Gasteiger partial charge in [0.15, 0.2) is 0 Å². The molecule has 0 bridgehead atoms. The zero-order valence-corrected chi connectivity index (χ0v) is 12.9. The lowest BCUT2D eigenvalue weighted by Crippen LogP contribution is -2.44. The molecule has 0 saturated carbocycles. The zero-order chi connectivity index (χ0) is 14.9. The van der Waals surface area contributed by atoms with E-state index < -0.39 is 6.10 Å². The lowest BCUT2D eigenvalue weighted by molar-refractivity contribution is -0.112. The van der Waals surface area contributed by atoms with Gasteiger partial charge in [-0.25, -0.2) is 0 Å². The molecule has 3 atom stereocenters. The summed E-state index contributed by atoms with van der Waals surface area (Å²) in [5, 5.41) is 10.5. The van der Waals surface area contributed by atoms with Crippen molar-refractivity contribution in [1.82, 2.24) is 0 Å². The maximum absolute atomic E-state index is 9.88. The smallest absolute Gasteiger partial charge is 0.125 e. The van der Waals surface area contributed by atoms with E-state index in [0.29, 0.717) is 24.0 Å². The van der Waals surface area contributed by atoms with Crippen molar-refractivity contribution in [2.75, 3.05) is 19.8 Å². The second-order valence-corrected chi connectivity index (χ2v) is 6.36. The molecule has 2 heterocycles. The van der Waals surface area contributed by atoms with Crippen LogP contribution in [0.1, 0.15) is 37.9 Å². The van der Waals surface area contributed by atoms with E-state index in [2.05, 4.69) is 0 Å². The van der Waals surface area contributed by atoms with E-state index in [9.17, 15) is 5.11 Å². The van der Waals surface area contributed by atoms with Crippen LogP contribution in [0.15, 0.2) is 18.2 Å². The van der Waals surface area contributed by atoms with E-state index in [-0.39, 0.29) is 11.7 Å². The van der Waals surface area contributed by atoms with Crippen LogP contribution in [0.3, 0.4) is 0 Å². The Kier molecular flexibility index (Phi) is 4.41. The van der Waals surface area contributed by atoms with Crippen molar-refractivity contribution in [2.24, 2.45) is 0 Å². The Labute approximate surface area is 130 Å². The van der Waals surface area contributed by atoms with E-state index in [1.54, 1.807) is 19.1 Å². The molecule has 1 aromatic rings. The number of hydrogen-bond acceptors (Lipinski definition) is 4. The number of aliphatic hydroxyl groups excluding tert-OH is 1. The van der Waals surface area contributed by atoms with Crippen molar-refractivity contribution < 1.29 is 19.3 Å². The molecule has 21 heavy (non-hydrogen) atoms. The van der Waals surface area contributed by atoms with Gasteiger partial charge in [-0.05, 0) is 25.1 Å². The molecule has 2 saturated heterocycles. The summed E-state index contributed by atoms with van der Waals surface area (Å²) in [7, 11) is 0. The van der Waals surface area contributed by atoms with Gasteiger partial charge < -0.3 is 19.3 Å². The third-order valence-electron chi connectivity index (χ3n) is 4.23. The number of ether oxygens (including phenoxy) is 3. The summed E-state index contributed by atoms with van der Waals surface area (Å²) < 4.78 is 17.5. The Morgan fingerprint density at radius 3 is 3.00 bits per heavy atom. The molecule has 1 spiro atoms. The summed E-state index contributed by atoms with van der Waals surface area (Å²) in [4.78, 5) is 0. The van der Waals surface area contributed by atoms with Crippen molar-refractivity contribution >= 4 is 11.6 Å². The van der Waals surface area contributed by atoms with Gasteiger partial charge >= 0.3 is 0 Å².